The number of hydrogen-bond acceptors (Lipinski definition) is 1. The Morgan fingerprint density at radius 1 is 1.04 bits per heavy atom. The molecule has 0 N–H and O–H groups in total. The lowest BCUT2D eigenvalue weighted by atomic mass is 9.66. The normalized spacial score (nSPS) is 54.0. The van der Waals surface area contributed by atoms with E-state index in [1.807, 2.05) is 0 Å². The molecule has 1 nitrogen and oxygen atoms in total. The minimum Gasteiger partial charge on any atom is -0.246 e. The predicted molar refractivity (Wildman–Crippen MR) is 97.1 cm³/mol. The highest BCUT2D eigenvalue weighted by Gasteiger charge is 2.35. The zero-order valence-corrected chi connectivity index (χ0v) is 14.9. The molecule has 0 saturated heterocycles. The molecule has 2 saturated carbocycles. The van der Waals surface area contributed by atoms with Gasteiger partial charge in [0, 0.05) is 4.11 Å². The van der Waals surface area contributed by atoms with Crippen LogP contribution in [0.1, 0.15) is 83.0 Å². The molecule has 3 unspecified atom stereocenters. The maximum atomic E-state index is 14.9. The minimum absolute atomic E-state index is 0.299. The molecule has 3 aliphatic rings. The Balaban J connectivity index is 1.64. The molecule has 3 aliphatic carbocycles. The lowest BCUT2D eigenvalue weighted by molar-refractivity contribution is 0.117. The summed E-state index contributed by atoms with van der Waals surface area (Å²) in [7, 11) is 0. The monoisotopic (exact) mass is 335 g/mol. The van der Waals surface area contributed by atoms with Crippen LogP contribution in [0.25, 0.3) is 0 Å². The number of halogens is 1. The first-order chi connectivity index (χ1) is 13.2. The van der Waals surface area contributed by atoms with Crippen molar-refractivity contribution in [2.45, 2.75) is 83.7 Å². The van der Waals surface area contributed by atoms with Crippen LogP contribution in [0.5, 0.6) is 0 Å². The van der Waals surface area contributed by atoms with Crippen molar-refractivity contribution in [3.8, 4) is 6.07 Å². The number of hydrogen-bond donors (Lipinski definition) is 0. The Labute approximate surface area is 153 Å². The molecule has 0 bridgehead atoms. The fraction of sp³-hybridized carbons (Fsp3) is 0.864. The number of nitrogens with zero attached hydrogens (tertiary/aromatic N) is 1. The van der Waals surface area contributed by atoms with E-state index >= 15 is 0 Å². The molecule has 0 aromatic rings. The fourth-order valence-electron chi connectivity index (χ4n) is 5.14. The smallest absolute Gasteiger partial charge is 0.120 e. The molecule has 2 heteroatoms. The molecular formula is C22H34FN. The van der Waals surface area contributed by atoms with Crippen molar-refractivity contribution >= 4 is 0 Å². The molecule has 0 aromatic carbocycles. The van der Waals surface area contributed by atoms with Crippen LogP contribution in [0.3, 0.4) is 0 Å². The van der Waals surface area contributed by atoms with E-state index in [0.717, 1.165) is 24.7 Å². The van der Waals surface area contributed by atoms with Gasteiger partial charge in [-0.05, 0) is 74.5 Å². The van der Waals surface area contributed by atoms with Crippen molar-refractivity contribution in [2.75, 3.05) is 0 Å². The molecule has 3 atom stereocenters. The highest BCUT2D eigenvalue weighted by molar-refractivity contribution is 5.11. The predicted octanol–water partition coefficient (Wildman–Crippen LogP) is 6.45. The van der Waals surface area contributed by atoms with Gasteiger partial charge in [-0.25, -0.2) is 4.39 Å². The van der Waals surface area contributed by atoms with Gasteiger partial charge < -0.3 is 0 Å². The molecule has 0 aromatic heterocycles. The molecule has 2 fully saturated rings. The van der Waals surface area contributed by atoms with Gasteiger partial charge in [-0.1, -0.05) is 44.8 Å². The summed E-state index contributed by atoms with van der Waals surface area (Å²) >= 11 is 0. The molecule has 0 amide bonds. The number of nitriles is 1. The highest BCUT2D eigenvalue weighted by atomic mass is 19.1. The van der Waals surface area contributed by atoms with E-state index in [-0.39, 0.29) is 5.92 Å². The van der Waals surface area contributed by atoms with Gasteiger partial charge in [0.2, 0.25) is 0 Å². The van der Waals surface area contributed by atoms with Gasteiger partial charge in [0.1, 0.15) is 6.15 Å². The maximum Gasteiger partial charge on any atom is 0.120 e. The van der Waals surface area contributed by atoms with Crippen molar-refractivity contribution in [1.82, 2.24) is 0 Å². The third-order valence-corrected chi connectivity index (χ3v) is 6.61. The molecule has 0 heterocycles. The fourth-order valence-corrected chi connectivity index (χ4v) is 5.14. The Hall–Kier alpha value is -0.840. The molecule has 0 aliphatic heterocycles. The van der Waals surface area contributed by atoms with Crippen LogP contribution in [0.4, 0.5) is 4.39 Å². The van der Waals surface area contributed by atoms with Crippen LogP contribution < -0.4 is 0 Å². The molecule has 134 valence electrons. The van der Waals surface area contributed by atoms with Crippen molar-refractivity contribution < 1.29 is 9.87 Å². The minimum atomic E-state index is -3.09. The average molecular weight is 336 g/mol. The Morgan fingerprint density at radius 3 is 2.21 bits per heavy atom. The standard InChI is InChI=1S/C22H34FN/c1-2-3-16-4-6-17(7-5-16)18-8-10-19(11-9-18)20-12-13-21(15-24)22(23)14-20/h12-13,16-22H,2-11,14H2,1H3/i14D2,20D,22D. The average Bonchev–Trinajstić information content (AvgIpc) is 2.68. The van der Waals surface area contributed by atoms with Gasteiger partial charge in [-0.2, -0.15) is 5.26 Å². The zero-order chi connectivity index (χ0) is 20.6. The van der Waals surface area contributed by atoms with Gasteiger partial charge in [0.05, 0.1) is 13.4 Å². The van der Waals surface area contributed by atoms with Gasteiger partial charge in [-0.15, -0.1) is 0 Å². The van der Waals surface area contributed by atoms with E-state index in [4.69, 9.17) is 10.7 Å². The second-order valence-corrected chi connectivity index (χ2v) is 8.08. The second kappa shape index (κ2) is 8.50. The number of allylic oxidation sites excluding steroid dienone is 2. The summed E-state index contributed by atoms with van der Waals surface area (Å²) in [5.74, 6) is -1.27. The SMILES string of the molecule is [2H]C1(F)C(C#N)C=CC([2H])(C2CCC(C3CCC(CCC)CC3)CC2)C1([2H])[2H]. The van der Waals surface area contributed by atoms with Gasteiger partial charge in [0.15, 0.2) is 0 Å². The van der Waals surface area contributed by atoms with Crippen molar-refractivity contribution in [2.24, 2.45) is 35.5 Å². The van der Waals surface area contributed by atoms with Crippen LogP contribution in [0, 0.1) is 46.8 Å². The summed E-state index contributed by atoms with van der Waals surface area (Å²) in [5, 5.41) is 9.08. The summed E-state index contributed by atoms with van der Waals surface area (Å²) in [6, 6.07) is 1.68. The quantitative estimate of drug-likeness (QED) is 0.541. The molecule has 24 heavy (non-hydrogen) atoms. The van der Waals surface area contributed by atoms with E-state index in [0.29, 0.717) is 18.8 Å². The topological polar surface area (TPSA) is 23.8 Å². The van der Waals surface area contributed by atoms with Crippen molar-refractivity contribution in [3.63, 3.8) is 0 Å². The summed E-state index contributed by atoms with van der Waals surface area (Å²) in [5.41, 5.74) is 0. The molecule has 0 spiro atoms. The molecule has 3 rings (SSSR count). The lowest BCUT2D eigenvalue weighted by Crippen LogP contribution is -2.30. The summed E-state index contributed by atoms with van der Waals surface area (Å²) < 4.78 is 48.1. The molecular weight excluding hydrogens is 297 g/mol. The van der Waals surface area contributed by atoms with E-state index < -0.39 is 24.3 Å². The van der Waals surface area contributed by atoms with Gasteiger partial charge in [0.25, 0.3) is 0 Å². The largest absolute Gasteiger partial charge is 0.246 e. The van der Waals surface area contributed by atoms with Gasteiger partial charge >= 0.3 is 0 Å². The van der Waals surface area contributed by atoms with Crippen LogP contribution in [0.2, 0.25) is 0 Å². The summed E-state index contributed by atoms with van der Waals surface area (Å²) in [6.45, 7) is 2.25. The zero-order valence-electron chi connectivity index (χ0n) is 18.9. The van der Waals surface area contributed by atoms with E-state index in [9.17, 15) is 4.39 Å². The summed E-state index contributed by atoms with van der Waals surface area (Å²) in [6.07, 6.45) is 8.02. The summed E-state index contributed by atoms with van der Waals surface area (Å²) in [4.78, 5) is 0. The first-order valence-corrected chi connectivity index (χ1v) is 9.95. The highest BCUT2D eigenvalue weighted by Crippen LogP contribution is 2.45. The Morgan fingerprint density at radius 2 is 1.62 bits per heavy atom. The van der Waals surface area contributed by atoms with E-state index in [1.165, 1.54) is 50.7 Å². The first-order valence-electron chi connectivity index (χ1n) is 11.9. The van der Waals surface area contributed by atoms with Crippen LogP contribution in [0.15, 0.2) is 12.2 Å². The maximum absolute atomic E-state index is 14.9. The number of rotatable bonds is 4. The van der Waals surface area contributed by atoms with E-state index in [1.54, 1.807) is 6.07 Å². The second-order valence-electron chi connectivity index (χ2n) is 8.08. The van der Waals surface area contributed by atoms with Crippen molar-refractivity contribution in [3.05, 3.63) is 12.2 Å². The van der Waals surface area contributed by atoms with Crippen molar-refractivity contribution in [1.29, 1.82) is 5.26 Å². The molecule has 0 radical (unpaired) electrons. The first kappa shape index (κ1) is 13.4. The van der Waals surface area contributed by atoms with Gasteiger partial charge in [-0.3, -0.25) is 0 Å². The third kappa shape index (κ3) is 4.22. The van der Waals surface area contributed by atoms with Crippen LogP contribution in [-0.2, 0) is 0 Å². The van der Waals surface area contributed by atoms with Crippen LogP contribution in [-0.4, -0.2) is 6.15 Å². The number of alkyl halides is 1. The Kier molecular flexibility index (Phi) is 4.74. The third-order valence-electron chi connectivity index (χ3n) is 6.61. The Bertz CT molecular complexity index is 613. The lowest BCUT2D eigenvalue weighted by Gasteiger charge is -2.40. The van der Waals surface area contributed by atoms with E-state index in [2.05, 4.69) is 6.92 Å². The van der Waals surface area contributed by atoms with Crippen LogP contribution >= 0.6 is 0 Å².